The molecule has 0 aliphatic carbocycles. The van der Waals surface area contributed by atoms with Gasteiger partial charge in [-0.2, -0.15) is 0 Å². The molecular weight excluding hydrogens is 393 g/mol. The molecule has 4 nitrogen and oxygen atoms in total. The lowest BCUT2D eigenvalue weighted by Gasteiger charge is -2.37. The van der Waals surface area contributed by atoms with Crippen LogP contribution in [0.15, 0.2) is 42.5 Å². The van der Waals surface area contributed by atoms with E-state index < -0.39 is 23.4 Å². The molecule has 0 aromatic heterocycles. The predicted octanol–water partition coefficient (Wildman–Crippen LogP) is 4.61. The molecule has 0 bridgehead atoms. The van der Waals surface area contributed by atoms with Gasteiger partial charge in [-0.25, -0.2) is 13.2 Å². The van der Waals surface area contributed by atoms with Crippen LogP contribution in [0.25, 0.3) is 6.08 Å². The Balaban J connectivity index is 1.66. The molecule has 3 atom stereocenters. The molecule has 2 aromatic carbocycles. The van der Waals surface area contributed by atoms with E-state index in [1.165, 1.54) is 0 Å². The maximum Gasteiger partial charge on any atom is 0.244 e. The zero-order valence-electron chi connectivity index (χ0n) is 17.2. The average molecular weight is 418 g/mol. The van der Waals surface area contributed by atoms with Gasteiger partial charge >= 0.3 is 0 Å². The number of carbonyl (C=O) groups is 1. The number of hydrogen-bond acceptors (Lipinski definition) is 3. The van der Waals surface area contributed by atoms with Crippen LogP contribution in [0.5, 0.6) is 0 Å². The third kappa shape index (κ3) is 5.21. The van der Waals surface area contributed by atoms with Crippen molar-refractivity contribution in [2.24, 2.45) is 0 Å². The molecule has 1 amide bonds. The maximum absolute atomic E-state index is 13.7. The van der Waals surface area contributed by atoms with E-state index >= 15 is 0 Å². The molecule has 7 heteroatoms. The minimum absolute atomic E-state index is 0.136. The Morgan fingerprint density at radius 3 is 2.53 bits per heavy atom. The van der Waals surface area contributed by atoms with E-state index in [0.29, 0.717) is 0 Å². The zero-order chi connectivity index (χ0) is 21.8. The predicted molar refractivity (Wildman–Crippen MR) is 111 cm³/mol. The van der Waals surface area contributed by atoms with Crippen LogP contribution in [-0.4, -0.2) is 31.2 Å². The van der Waals surface area contributed by atoms with Gasteiger partial charge in [0.2, 0.25) is 5.91 Å². The van der Waals surface area contributed by atoms with Crippen molar-refractivity contribution in [3.05, 3.63) is 71.1 Å². The lowest BCUT2D eigenvalue weighted by molar-refractivity contribution is -0.117. The number of anilines is 1. The number of nitrogens with zero attached hydrogens (tertiary/aromatic N) is 1. The normalized spacial score (nSPS) is 20.4. The number of benzene rings is 2. The van der Waals surface area contributed by atoms with Crippen molar-refractivity contribution < 1.29 is 22.7 Å². The van der Waals surface area contributed by atoms with Crippen molar-refractivity contribution in [3.8, 4) is 0 Å². The SMILES string of the molecule is C[C@@H]1CN(c2cccc([C@@H](C)NC(=O)/C=C/c3ccc(F)c(F)c3F)c2)C[C@H](C)O1. The Bertz CT molecular complexity index is 938. The summed E-state index contributed by atoms with van der Waals surface area (Å²) < 4.78 is 45.8. The van der Waals surface area contributed by atoms with Gasteiger partial charge in [0.1, 0.15) is 0 Å². The Hall–Kier alpha value is -2.80. The fraction of sp³-hybridized carbons (Fsp3) is 0.348. The van der Waals surface area contributed by atoms with Crippen molar-refractivity contribution in [2.45, 2.75) is 39.0 Å². The first kappa shape index (κ1) is 21.9. The largest absolute Gasteiger partial charge is 0.372 e. The highest BCUT2D eigenvalue weighted by Crippen LogP contribution is 2.24. The monoisotopic (exact) mass is 418 g/mol. The molecular formula is C23H25F3N2O2. The number of carbonyl (C=O) groups excluding carboxylic acids is 1. The first-order chi connectivity index (χ1) is 14.2. The second-order valence-electron chi connectivity index (χ2n) is 7.59. The first-order valence-electron chi connectivity index (χ1n) is 9.87. The van der Waals surface area contributed by atoms with Crippen LogP contribution in [0.1, 0.15) is 37.9 Å². The Morgan fingerprint density at radius 2 is 1.83 bits per heavy atom. The second-order valence-corrected chi connectivity index (χ2v) is 7.59. The van der Waals surface area contributed by atoms with Gasteiger partial charge < -0.3 is 15.0 Å². The van der Waals surface area contributed by atoms with Crippen LogP contribution in [0.3, 0.4) is 0 Å². The highest BCUT2D eigenvalue weighted by Gasteiger charge is 2.23. The van der Waals surface area contributed by atoms with Gasteiger partial charge in [0.15, 0.2) is 17.5 Å². The molecule has 3 rings (SSSR count). The highest BCUT2D eigenvalue weighted by molar-refractivity contribution is 5.92. The lowest BCUT2D eigenvalue weighted by Crippen LogP contribution is -2.45. The van der Waals surface area contributed by atoms with Crippen LogP contribution in [0.2, 0.25) is 0 Å². The molecule has 1 heterocycles. The summed E-state index contributed by atoms with van der Waals surface area (Å²) in [5.74, 6) is -4.62. The number of halogens is 3. The summed E-state index contributed by atoms with van der Waals surface area (Å²) in [5, 5.41) is 2.80. The van der Waals surface area contributed by atoms with E-state index in [2.05, 4.69) is 10.2 Å². The fourth-order valence-electron chi connectivity index (χ4n) is 3.56. The molecule has 0 unspecified atom stereocenters. The van der Waals surface area contributed by atoms with Crippen LogP contribution in [-0.2, 0) is 9.53 Å². The summed E-state index contributed by atoms with van der Waals surface area (Å²) in [7, 11) is 0. The van der Waals surface area contributed by atoms with E-state index in [1.807, 2.05) is 45.0 Å². The summed E-state index contributed by atoms with van der Waals surface area (Å²) in [6.07, 6.45) is 2.49. The van der Waals surface area contributed by atoms with Crippen LogP contribution in [0.4, 0.5) is 18.9 Å². The summed E-state index contributed by atoms with van der Waals surface area (Å²) in [5.41, 5.74) is 1.77. The van der Waals surface area contributed by atoms with Gasteiger partial charge in [0.25, 0.3) is 0 Å². The van der Waals surface area contributed by atoms with E-state index in [0.717, 1.165) is 48.6 Å². The zero-order valence-corrected chi connectivity index (χ0v) is 17.2. The average Bonchev–Trinajstić information content (AvgIpc) is 2.71. The van der Waals surface area contributed by atoms with Gasteiger partial charge in [-0.3, -0.25) is 4.79 Å². The molecule has 1 saturated heterocycles. The molecule has 160 valence electrons. The van der Waals surface area contributed by atoms with Gasteiger partial charge in [-0.05, 0) is 56.7 Å². The Labute approximate surface area is 174 Å². The minimum atomic E-state index is -1.56. The molecule has 1 aliphatic rings. The summed E-state index contributed by atoms with van der Waals surface area (Å²) >= 11 is 0. The standard InChI is InChI=1S/C23H25F3N2O2/c1-14-12-28(13-15(2)30-14)19-6-4-5-18(11-19)16(3)27-21(29)10-8-17-7-9-20(24)23(26)22(17)25/h4-11,14-16H,12-13H2,1-3H3,(H,27,29)/b10-8+/t14-,15+,16-/m1/s1. The third-order valence-electron chi connectivity index (χ3n) is 4.99. The van der Waals surface area contributed by atoms with E-state index in [9.17, 15) is 18.0 Å². The second kappa shape index (κ2) is 9.34. The van der Waals surface area contributed by atoms with Gasteiger partial charge in [0, 0.05) is 30.4 Å². The summed E-state index contributed by atoms with van der Waals surface area (Å²) in [4.78, 5) is 14.5. The number of rotatable bonds is 5. The van der Waals surface area contributed by atoms with Gasteiger partial charge in [-0.1, -0.05) is 12.1 Å². The maximum atomic E-state index is 13.7. The molecule has 30 heavy (non-hydrogen) atoms. The molecule has 0 saturated carbocycles. The number of ether oxygens (including phenoxy) is 1. The third-order valence-corrected chi connectivity index (χ3v) is 4.99. The Morgan fingerprint density at radius 1 is 1.13 bits per heavy atom. The molecule has 2 aromatic rings. The van der Waals surface area contributed by atoms with Gasteiger partial charge in [-0.15, -0.1) is 0 Å². The summed E-state index contributed by atoms with van der Waals surface area (Å²) in [6.45, 7) is 7.50. The highest BCUT2D eigenvalue weighted by atomic mass is 19.2. The van der Waals surface area contributed by atoms with Gasteiger partial charge in [0.05, 0.1) is 18.2 Å². The molecule has 1 aliphatic heterocycles. The van der Waals surface area contributed by atoms with Crippen molar-refractivity contribution in [1.29, 1.82) is 0 Å². The smallest absolute Gasteiger partial charge is 0.244 e. The topological polar surface area (TPSA) is 41.6 Å². The molecule has 1 N–H and O–H groups in total. The minimum Gasteiger partial charge on any atom is -0.372 e. The van der Waals surface area contributed by atoms with Crippen LogP contribution in [0, 0.1) is 17.5 Å². The first-order valence-corrected chi connectivity index (χ1v) is 9.87. The van der Waals surface area contributed by atoms with Crippen molar-refractivity contribution >= 4 is 17.7 Å². The van der Waals surface area contributed by atoms with Crippen LogP contribution >= 0.6 is 0 Å². The molecule has 0 spiro atoms. The molecule has 1 fully saturated rings. The fourth-order valence-corrected chi connectivity index (χ4v) is 3.56. The Kier molecular flexibility index (Phi) is 6.82. The lowest BCUT2D eigenvalue weighted by atomic mass is 10.1. The van der Waals surface area contributed by atoms with Crippen molar-refractivity contribution in [3.63, 3.8) is 0 Å². The number of nitrogens with one attached hydrogen (secondary N) is 1. The number of hydrogen-bond donors (Lipinski definition) is 1. The quantitative estimate of drug-likeness (QED) is 0.570. The van der Waals surface area contributed by atoms with E-state index in [1.54, 1.807) is 0 Å². The number of morpholine rings is 1. The summed E-state index contributed by atoms with van der Waals surface area (Å²) in [6, 6.07) is 9.49. The van der Waals surface area contributed by atoms with Crippen molar-refractivity contribution in [2.75, 3.05) is 18.0 Å². The van der Waals surface area contributed by atoms with E-state index in [4.69, 9.17) is 4.74 Å². The van der Waals surface area contributed by atoms with Crippen molar-refractivity contribution in [1.82, 2.24) is 5.32 Å². The number of amides is 1. The van der Waals surface area contributed by atoms with E-state index in [-0.39, 0.29) is 23.8 Å². The molecule has 0 radical (unpaired) electrons. The van der Waals surface area contributed by atoms with Crippen LogP contribution < -0.4 is 10.2 Å².